The fraction of sp³-hybridized carbons (Fsp3) is 0.261. The van der Waals surface area contributed by atoms with Crippen LogP contribution in [0.15, 0.2) is 60.7 Å². The first-order valence-corrected chi connectivity index (χ1v) is 9.87. The Morgan fingerprint density at radius 3 is 2.17 bits per heavy atom. The van der Waals surface area contributed by atoms with Gasteiger partial charge in [-0.05, 0) is 55.8 Å². The van der Waals surface area contributed by atoms with Crippen LogP contribution in [0.3, 0.4) is 0 Å². The highest BCUT2D eigenvalue weighted by atomic mass is 16.1. The van der Waals surface area contributed by atoms with E-state index in [1.165, 1.54) is 11.3 Å². The molecule has 29 heavy (non-hydrogen) atoms. The van der Waals surface area contributed by atoms with Crippen molar-refractivity contribution in [2.24, 2.45) is 0 Å². The topological polar surface area (TPSA) is 61.4 Å². The summed E-state index contributed by atoms with van der Waals surface area (Å²) in [5.41, 5.74) is 4.20. The number of nitrogens with one attached hydrogen (secondary N) is 1. The summed E-state index contributed by atoms with van der Waals surface area (Å²) in [6, 6.07) is 19.8. The Kier molecular flexibility index (Phi) is 5.42. The average Bonchev–Trinajstić information content (AvgIpc) is 2.74. The molecule has 0 aliphatic carbocycles. The summed E-state index contributed by atoms with van der Waals surface area (Å²) in [5.74, 6) is 1.11. The fourth-order valence-corrected chi connectivity index (χ4v) is 3.55. The molecule has 6 nitrogen and oxygen atoms in total. The van der Waals surface area contributed by atoms with E-state index in [1.807, 2.05) is 37.3 Å². The molecule has 2 aromatic carbocycles. The highest BCUT2D eigenvalue weighted by molar-refractivity contribution is 6.03. The van der Waals surface area contributed by atoms with Crippen LogP contribution in [-0.2, 0) is 0 Å². The number of carbonyl (C=O) groups is 1. The predicted molar refractivity (Wildman–Crippen MR) is 117 cm³/mol. The van der Waals surface area contributed by atoms with Crippen LogP contribution in [0.4, 0.5) is 17.3 Å². The number of hydrogen-bond acceptors (Lipinski definition) is 5. The molecule has 1 fully saturated rings. The van der Waals surface area contributed by atoms with Gasteiger partial charge in [-0.25, -0.2) is 0 Å². The summed E-state index contributed by atoms with van der Waals surface area (Å²) in [6.45, 7) is 7.74. The van der Waals surface area contributed by atoms with Gasteiger partial charge in [0, 0.05) is 37.4 Å². The summed E-state index contributed by atoms with van der Waals surface area (Å²) in [7, 11) is 0. The Morgan fingerprint density at radius 2 is 1.52 bits per heavy atom. The summed E-state index contributed by atoms with van der Waals surface area (Å²) >= 11 is 0. The normalized spacial score (nSPS) is 14.0. The monoisotopic (exact) mass is 387 g/mol. The van der Waals surface area contributed by atoms with E-state index in [9.17, 15) is 4.79 Å². The van der Waals surface area contributed by atoms with Crippen molar-refractivity contribution < 1.29 is 4.79 Å². The van der Waals surface area contributed by atoms with Gasteiger partial charge in [-0.2, -0.15) is 0 Å². The van der Waals surface area contributed by atoms with Crippen molar-refractivity contribution >= 4 is 23.2 Å². The van der Waals surface area contributed by atoms with E-state index in [-0.39, 0.29) is 5.91 Å². The number of aromatic nitrogens is 2. The van der Waals surface area contributed by atoms with Crippen LogP contribution in [0.2, 0.25) is 0 Å². The minimum atomic E-state index is -0.178. The largest absolute Gasteiger partial charge is 0.368 e. The molecular weight excluding hydrogens is 362 g/mol. The molecule has 1 aromatic heterocycles. The molecule has 0 radical (unpaired) electrons. The summed E-state index contributed by atoms with van der Waals surface area (Å²) in [4.78, 5) is 17.0. The zero-order valence-corrected chi connectivity index (χ0v) is 16.8. The van der Waals surface area contributed by atoms with Gasteiger partial charge in [-0.3, -0.25) is 4.79 Å². The lowest BCUT2D eigenvalue weighted by Crippen LogP contribution is -2.46. The number of hydrogen-bond donors (Lipinski definition) is 1. The second kappa shape index (κ2) is 8.31. The van der Waals surface area contributed by atoms with Gasteiger partial charge in [0.15, 0.2) is 11.6 Å². The molecule has 1 aliphatic heterocycles. The van der Waals surface area contributed by atoms with Crippen LogP contribution in [0.1, 0.15) is 21.5 Å². The van der Waals surface area contributed by atoms with Gasteiger partial charge >= 0.3 is 0 Å². The Balaban J connectivity index is 1.35. The summed E-state index contributed by atoms with van der Waals surface area (Å²) in [6.07, 6.45) is 0. The molecule has 0 bridgehead atoms. The minimum Gasteiger partial charge on any atom is -0.368 e. The Labute approximate surface area is 171 Å². The lowest BCUT2D eigenvalue weighted by Gasteiger charge is -2.36. The first kappa shape index (κ1) is 18.9. The molecule has 1 N–H and O–H groups in total. The van der Waals surface area contributed by atoms with Crippen molar-refractivity contribution in [1.82, 2.24) is 10.2 Å². The number of piperazine rings is 1. The highest BCUT2D eigenvalue weighted by Gasteiger charge is 2.19. The molecular formula is C23H25N5O. The minimum absolute atomic E-state index is 0.178. The third kappa shape index (κ3) is 4.54. The zero-order chi connectivity index (χ0) is 20.2. The van der Waals surface area contributed by atoms with E-state index in [4.69, 9.17) is 0 Å². The maximum Gasteiger partial charge on any atom is 0.256 e. The molecule has 2 heterocycles. The van der Waals surface area contributed by atoms with Crippen LogP contribution in [-0.4, -0.2) is 42.3 Å². The Morgan fingerprint density at radius 1 is 0.828 bits per heavy atom. The number of benzene rings is 2. The number of anilines is 3. The summed E-state index contributed by atoms with van der Waals surface area (Å²) in [5, 5.41) is 11.3. The van der Waals surface area contributed by atoms with Crippen molar-refractivity contribution in [3.05, 3.63) is 77.4 Å². The molecule has 6 heteroatoms. The molecule has 1 saturated heterocycles. The van der Waals surface area contributed by atoms with Gasteiger partial charge in [0.1, 0.15) is 0 Å². The number of aryl methyl sites for hydroxylation is 2. The first-order valence-electron chi connectivity index (χ1n) is 9.87. The molecule has 3 aromatic rings. The SMILES string of the molecule is Cc1cccc(C(=O)Nc2ccc(N3CCN(c4cccc(C)c4)CC3)nn2)c1. The van der Waals surface area contributed by atoms with E-state index in [2.05, 4.69) is 56.5 Å². The average molecular weight is 387 g/mol. The lowest BCUT2D eigenvalue weighted by atomic mass is 10.1. The molecule has 0 saturated carbocycles. The van der Waals surface area contributed by atoms with Gasteiger partial charge in [0.05, 0.1) is 0 Å². The smallest absolute Gasteiger partial charge is 0.256 e. The van der Waals surface area contributed by atoms with Crippen LogP contribution in [0, 0.1) is 13.8 Å². The zero-order valence-electron chi connectivity index (χ0n) is 16.8. The van der Waals surface area contributed by atoms with E-state index in [0.717, 1.165) is 37.6 Å². The molecule has 0 unspecified atom stereocenters. The van der Waals surface area contributed by atoms with Gasteiger partial charge < -0.3 is 15.1 Å². The van der Waals surface area contributed by atoms with Crippen LogP contribution < -0.4 is 15.1 Å². The maximum absolute atomic E-state index is 12.4. The van der Waals surface area contributed by atoms with E-state index >= 15 is 0 Å². The molecule has 148 valence electrons. The van der Waals surface area contributed by atoms with Crippen LogP contribution in [0.25, 0.3) is 0 Å². The van der Waals surface area contributed by atoms with E-state index in [1.54, 1.807) is 6.07 Å². The number of nitrogens with zero attached hydrogens (tertiary/aromatic N) is 4. The molecule has 1 amide bonds. The quantitative estimate of drug-likeness (QED) is 0.740. The van der Waals surface area contributed by atoms with E-state index < -0.39 is 0 Å². The molecule has 0 atom stereocenters. The lowest BCUT2D eigenvalue weighted by molar-refractivity contribution is 0.102. The third-order valence-corrected chi connectivity index (χ3v) is 5.14. The summed E-state index contributed by atoms with van der Waals surface area (Å²) < 4.78 is 0. The molecule has 4 rings (SSSR count). The first-order chi connectivity index (χ1) is 14.1. The van der Waals surface area contributed by atoms with Crippen molar-refractivity contribution in [3.63, 3.8) is 0 Å². The Bertz CT molecular complexity index is 994. The van der Waals surface area contributed by atoms with Gasteiger partial charge in [-0.1, -0.05) is 29.8 Å². The standard InChI is InChI=1S/C23H25N5O/c1-17-5-3-7-19(15-17)23(29)24-21-9-10-22(26-25-21)28-13-11-27(12-14-28)20-8-4-6-18(2)16-20/h3-10,15-16H,11-14H2,1-2H3,(H,24,25,29). The second-order valence-corrected chi connectivity index (χ2v) is 7.41. The number of amides is 1. The molecule has 1 aliphatic rings. The maximum atomic E-state index is 12.4. The Hall–Kier alpha value is -3.41. The predicted octanol–water partition coefficient (Wildman–Crippen LogP) is 3.67. The van der Waals surface area contributed by atoms with E-state index in [0.29, 0.717) is 11.4 Å². The van der Waals surface area contributed by atoms with Crippen LogP contribution >= 0.6 is 0 Å². The van der Waals surface area contributed by atoms with Gasteiger partial charge in [-0.15, -0.1) is 10.2 Å². The van der Waals surface area contributed by atoms with Crippen molar-refractivity contribution in [2.45, 2.75) is 13.8 Å². The highest BCUT2D eigenvalue weighted by Crippen LogP contribution is 2.20. The van der Waals surface area contributed by atoms with Crippen molar-refractivity contribution in [2.75, 3.05) is 41.3 Å². The third-order valence-electron chi connectivity index (χ3n) is 5.14. The fourth-order valence-electron chi connectivity index (χ4n) is 3.55. The number of rotatable bonds is 4. The van der Waals surface area contributed by atoms with Crippen LogP contribution in [0.5, 0.6) is 0 Å². The second-order valence-electron chi connectivity index (χ2n) is 7.41. The molecule has 0 spiro atoms. The number of carbonyl (C=O) groups excluding carboxylic acids is 1. The van der Waals surface area contributed by atoms with Crippen molar-refractivity contribution in [1.29, 1.82) is 0 Å². The van der Waals surface area contributed by atoms with Crippen molar-refractivity contribution in [3.8, 4) is 0 Å². The van der Waals surface area contributed by atoms with Gasteiger partial charge in [0.25, 0.3) is 5.91 Å². The van der Waals surface area contributed by atoms with Gasteiger partial charge in [0.2, 0.25) is 0 Å².